The van der Waals surface area contributed by atoms with Crippen molar-refractivity contribution in [3.05, 3.63) is 58.6 Å². The fraction of sp³-hybridized carbons (Fsp3) is 0.176. The van der Waals surface area contributed by atoms with Crippen LogP contribution in [-0.4, -0.2) is 18.0 Å². The molecule has 22 heavy (non-hydrogen) atoms. The topological polar surface area (TPSA) is 51.2 Å². The Kier molecular flexibility index (Phi) is 4.18. The minimum atomic E-state index is -0.121. The predicted octanol–water partition coefficient (Wildman–Crippen LogP) is 4.00. The number of rotatable bonds is 4. The number of thiazole rings is 1. The lowest BCUT2D eigenvalue weighted by atomic mass is 10.1. The first-order valence-corrected chi connectivity index (χ1v) is 7.74. The molecule has 1 aromatic heterocycles. The number of methoxy groups -OCH3 is 1. The molecular formula is C17H16N2O2S. The highest BCUT2D eigenvalue weighted by atomic mass is 32.1. The van der Waals surface area contributed by atoms with Gasteiger partial charge in [-0.1, -0.05) is 12.1 Å². The second kappa shape index (κ2) is 6.25. The number of nitrogens with one attached hydrogen (secondary N) is 1. The Hall–Kier alpha value is -2.24. The molecule has 0 aliphatic carbocycles. The number of carbonyl (C=O) groups is 1. The molecule has 0 unspecified atom stereocenters. The molecule has 1 amide bonds. The molecule has 0 saturated carbocycles. The van der Waals surface area contributed by atoms with Gasteiger partial charge in [0.25, 0.3) is 5.91 Å². The number of aromatic nitrogens is 1. The predicted molar refractivity (Wildman–Crippen MR) is 89.5 cm³/mol. The van der Waals surface area contributed by atoms with Crippen LogP contribution in [0.4, 0.5) is 5.69 Å². The van der Waals surface area contributed by atoms with Crippen molar-refractivity contribution >= 4 is 33.1 Å². The zero-order chi connectivity index (χ0) is 15.5. The minimum Gasteiger partial charge on any atom is -0.380 e. The summed E-state index contributed by atoms with van der Waals surface area (Å²) in [6, 6.07) is 13.2. The Morgan fingerprint density at radius 1 is 1.23 bits per heavy atom. The van der Waals surface area contributed by atoms with Crippen LogP contribution >= 0.6 is 11.3 Å². The van der Waals surface area contributed by atoms with Crippen LogP contribution in [0.2, 0.25) is 0 Å². The van der Waals surface area contributed by atoms with E-state index in [-0.39, 0.29) is 5.91 Å². The molecule has 112 valence electrons. The smallest absolute Gasteiger partial charge is 0.255 e. The van der Waals surface area contributed by atoms with Crippen molar-refractivity contribution in [1.29, 1.82) is 0 Å². The molecule has 0 aliphatic rings. The Morgan fingerprint density at radius 2 is 2.00 bits per heavy atom. The molecular weight excluding hydrogens is 296 g/mol. The third kappa shape index (κ3) is 3.16. The van der Waals surface area contributed by atoms with E-state index in [9.17, 15) is 4.79 Å². The van der Waals surface area contributed by atoms with Crippen molar-refractivity contribution < 1.29 is 9.53 Å². The van der Waals surface area contributed by atoms with Crippen LogP contribution in [0.3, 0.4) is 0 Å². The molecule has 0 aliphatic heterocycles. The summed E-state index contributed by atoms with van der Waals surface area (Å²) in [6.07, 6.45) is 0. The molecule has 0 atom stereocenters. The molecule has 1 N–H and O–H groups in total. The number of carbonyl (C=O) groups excluding carboxylic acids is 1. The average molecular weight is 312 g/mol. The van der Waals surface area contributed by atoms with Crippen molar-refractivity contribution in [2.45, 2.75) is 13.5 Å². The van der Waals surface area contributed by atoms with E-state index < -0.39 is 0 Å². The zero-order valence-corrected chi connectivity index (χ0v) is 13.2. The number of hydrogen-bond donors (Lipinski definition) is 1. The van der Waals surface area contributed by atoms with Crippen molar-refractivity contribution in [3.63, 3.8) is 0 Å². The fourth-order valence-corrected chi connectivity index (χ4v) is 3.11. The number of benzene rings is 2. The van der Waals surface area contributed by atoms with Gasteiger partial charge in [0.1, 0.15) is 0 Å². The number of hydrogen-bond acceptors (Lipinski definition) is 4. The Morgan fingerprint density at radius 3 is 2.73 bits per heavy atom. The van der Waals surface area contributed by atoms with Gasteiger partial charge in [-0.2, -0.15) is 0 Å². The lowest BCUT2D eigenvalue weighted by Gasteiger charge is -2.06. The van der Waals surface area contributed by atoms with Crippen LogP contribution in [0.15, 0.2) is 42.5 Å². The van der Waals surface area contributed by atoms with E-state index in [0.717, 1.165) is 26.5 Å². The highest BCUT2D eigenvalue weighted by Crippen LogP contribution is 2.25. The van der Waals surface area contributed by atoms with Gasteiger partial charge in [0, 0.05) is 18.4 Å². The monoisotopic (exact) mass is 312 g/mol. The largest absolute Gasteiger partial charge is 0.380 e. The third-order valence-electron chi connectivity index (χ3n) is 3.28. The molecule has 0 spiro atoms. The first-order chi connectivity index (χ1) is 10.7. The van der Waals surface area contributed by atoms with Crippen LogP contribution in [-0.2, 0) is 11.3 Å². The van der Waals surface area contributed by atoms with Crippen molar-refractivity contribution in [1.82, 2.24) is 4.98 Å². The standard InChI is InChI=1S/C17H16N2O2S/c1-11-18-15-8-7-14(9-16(15)22-11)19-17(20)13-5-3-12(4-6-13)10-21-2/h3-9H,10H2,1-2H3,(H,19,20). The van der Waals surface area contributed by atoms with Crippen LogP contribution < -0.4 is 5.32 Å². The highest BCUT2D eigenvalue weighted by Gasteiger charge is 2.08. The second-order valence-corrected chi connectivity index (χ2v) is 6.23. The lowest BCUT2D eigenvalue weighted by molar-refractivity contribution is 0.102. The number of ether oxygens (including phenoxy) is 1. The molecule has 2 aromatic carbocycles. The molecule has 0 radical (unpaired) electrons. The van der Waals surface area contributed by atoms with Crippen LogP contribution in [0.1, 0.15) is 20.9 Å². The summed E-state index contributed by atoms with van der Waals surface area (Å²) in [5, 5.41) is 3.94. The van der Waals surface area contributed by atoms with Crippen molar-refractivity contribution in [3.8, 4) is 0 Å². The Labute approximate surface area is 132 Å². The average Bonchev–Trinajstić information content (AvgIpc) is 2.87. The van der Waals surface area contributed by atoms with E-state index in [0.29, 0.717) is 12.2 Å². The molecule has 3 rings (SSSR count). The number of nitrogens with zero attached hydrogens (tertiary/aromatic N) is 1. The number of aryl methyl sites for hydroxylation is 1. The molecule has 0 fully saturated rings. The maximum Gasteiger partial charge on any atom is 0.255 e. The first-order valence-electron chi connectivity index (χ1n) is 6.92. The molecule has 5 heteroatoms. The van der Waals surface area contributed by atoms with Crippen molar-refractivity contribution in [2.75, 3.05) is 12.4 Å². The summed E-state index contributed by atoms with van der Waals surface area (Å²) in [5.74, 6) is -0.121. The van der Waals surface area contributed by atoms with Crippen LogP contribution in [0, 0.1) is 6.92 Å². The maximum absolute atomic E-state index is 12.3. The van der Waals surface area contributed by atoms with Gasteiger partial charge in [0.15, 0.2) is 0 Å². The minimum absolute atomic E-state index is 0.121. The normalized spacial score (nSPS) is 10.8. The Balaban J connectivity index is 1.76. The summed E-state index contributed by atoms with van der Waals surface area (Å²) < 4.78 is 6.14. The highest BCUT2D eigenvalue weighted by molar-refractivity contribution is 7.18. The van der Waals surface area contributed by atoms with Gasteiger partial charge in [-0.25, -0.2) is 4.98 Å². The van der Waals surface area contributed by atoms with Gasteiger partial charge in [-0.15, -0.1) is 11.3 Å². The van der Waals surface area contributed by atoms with E-state index in [1.807, 2.05) is 37.3 Å². The second-order valence-electron chi connectivity index (χ2n) is 5.00. The third-order valence-corrected chi connectivity index (χ3v) is 4.21. The Bertz CT molecular complexity index is 809. The molecule has 0 bridgehead atoms. The van der Waals surface area contributed by atoms with Gasteiger partial charge < -0.3 is 10.1 Å². The summed E-state index contributed by atoms with van der Waals surface area (Å²) in [6.45, 7) is 2.52. The fourth-order valence-electron chi connectivity index (χ4n) is 2.24. The van der Waals surface area contributed by atoms with Gasteiger partial charge >= 0.3 is 0 Å². The first kappa shape index (κ1) is 14.7. The van der Waals surface area contributed by atoms with Gasteiger partial charge in [0.05, 0.1) is 21.8 Å². The summed E-state index contributed by atoms with van der Waals surface area (Å²) in [4.78, 5) is 16.7. The SMILES string of the molecule is COCc1ccc(C(=O)Nc2ccc3nc(C)sc3c2)cc1. The molecule has 0 saturated heterocycles. The van der Waals surface area contributed by atoms with Gasteiger partial charge in [0.2, 0.25) is 0 Å². The van der Waals surface area contributed by atoms with E-state index in [2.05, 4.69) is 10.3 Å². The lowest BCUT2D eigenvalue weighted by Crippen LogP contribution is -2.11. The number of anilines is 1. The summed E-state index contributed by atoms with van der Waals surface area (Å²) in [5.41, 5.74) is 3.41. The molecule has 1 heterocycles. The zero-order valence-electron chi connectivity index (χ0n) is 12.4. The van der Waals surface area contributed by atoms with Crippen LogP contribution in [0.5, 0.6) is 0 Å². The van der Waals surface area contributed by atoms with Crippen LogP contribution in [0.25, 0.3) is 10.2 Å². The van der Waals surface area contributed by atoms with Gasteiger partial charge in [-0.3, -0.25) is 4.79 Å². The summed E-state index contributed by atoms with van der Waals surface area (Å²) in [7, 11) is 1.65. The van der Waals surface area contributed by atoms with E-state index in [4.69, 9.17) is 4.74 Å². The number of amides is 1. The molecule has 4 nitrogen and oxygen atoms in total. The summed E-state index contributed by atoms with van der Waals surface area (Å²) >= 11 is 1.62. The quantitative estimate of drug-likeness (QED) is 0.792. The van der Waals surface area contributed by atoms with E-state index >= 15 is 0 Å². The number of fused-ring (bicyclic) bond motifs is 1. The maximum atomic E-state index is 12.3. The van der Waals surface area contributed by atoms with E-state index in [1.54, 1.807) is 30.6 Å². The van der Waals surface area contributed by atoms with Crippen molar-refractivity contribution in [2.24, 2.45) is 0 Å². The van der Waals surface area contributed by atoms with E-state index in [1.165, 1.54) is 0 Å². The molecule has 3 aromatic rings. The van der Waals surface area contributed by atoms with Gasteiger partial charge in [-0.05, 0) is 42.8 Å².